The van der Waals surface area contributed by atoms with E-state index >= 15 is 0 Å². The van der Waals surface area contributed by atoms with Crippen LogP contribution in [0.5, 0.6) is 0 Å². The van der Waals surface area contributed by atoms with E-state index < -0.39 is 0 Å². The van der Waals surface area contributed by atoms with Crippen molar-refractivity contribution in [3.63, 3.8) is 0 Å². The zero-order chi connectivity index (χ0) is 24.8. The number of ether oxygens (including phenoxy) is 1. The van der Waals surface area contributed by atoms with Gasteiger partial charge in [0.15, 0.2) is 0 Å². The van der Waals surface area contributed by atoms with Crippen LogP contribution < -0.4 is 5.73 Å². The lowest BCUT2D eigenvalue weighted by Gasteiger charge is -2.27. The van der Waals surface area contributed by atoms with Crippen molar-refractivity contribution in [2.75, 3.05) is 18.2 Å². The summed E-state index contributed by atoms with van der Waals surface area (Å²) >= 11 is 3.32. The number of amides is 1. The molecule has 0 radical (unpaired) electrons. The lowest BCUT2D eigenvalue weighted by Crippen LogP contribution is -2.31. The van der Waals surface area contributed by atoms with Crippen molar-refractivity contribution in [1.82, 2.24) is 4.90 Å². The highest BCUT2D eigenvalue weighted by atomic mass is 79.9. The molecular formula is C28H31BrN2O3. The van der Waals surface area contributed by atoms with Gasteiger partial charge in [-0.25, -0.2) is 0 Å². The van der Waals surface area contributed by atoms with Gasteiger partial charge in [-0.15, -0.1) is 0 Å². The molecule has 0 saturated heterocycles. The number of carbonyl (C=O) groups excluding carboxylic acids is 2. The van der Waals surface area contributed by atoms with Crippen molar-refractivity contribution in [2.45, 2.75) is 40.3 Å². The summed E-state index contributed by atoms with van der Waals surface area (Å²) in [4.78, 5) is 26.9. The smallest absolute Gasteiger partial charge is 0.310 e. The second-order valence-electron chi connectivity index (χ2n) is 8.48. The van der Waals surface area contributed by atoms with Gasteiger partial charge in [-0.2, -0.15) is 0 Å². The standard InChI is InChI=1S/C28H31BrN2O3/c1-18-10-12-22(13-11-18)27-19(2)24(28(30)20(3)23(27)14-26(33)34-4)17-31(25(32)15-29)16-21-8-6-5-7-9-21/h5-13H,14-17,30H2,1-4H3. The topological polar surface area (TPSA) is 72.6 Å². The molecule has 0 heterocycles. The average Bonchev–Trinajstić information content (AvgIpc) is 2.85. The first-order chi connectivity index (χ1) is 16.3. The Kier molecular flexibility index (Phi) is 8.51. The highest BCUT2D eigenvalue weighted by Crippen LogP contribution is 2.38. The molecular weight excluding hydrogens is 492 g/mol. The Hall–Kier alpha value is -3.12. The van der Waals surface area contributed by atoms with E-state index in [-0.39, 0.29) is 23.6 Å². The molecule has 34 heavy (non-hydrogen) atoms. The van der Waals surface area contributed by atoms with Gasteiger partial charge in [0.25, 0.3) is 0 Å². The van der Waals surface area contributed by atoms with Crippen molar-refractivity contribution in [1.29, 1.82) is 0 Å². The molecule has 1 amide bonds. The van der Waals surface area contributed by atoms with E-state index in [2.05, 4.69) is 40.2 Å². The molecule has 3 rings (SSSR count). The maximum Gasteiger partial charge on any atom is 0.310 e. The largest absolute Gasteiger partial charge is 0.469 e. The molecule has 0 spiro atoms. The van der Waals surface area contributed by atoms with Gasteiger partial charge in [-0.05, 0) is 59.7 Å². The number of halogens is 1. The number of nitrogen functional groups attached to an aromatic ring is 1. The number of aryl methyl sites for hydroxylation is 1. The molecule has 0 aliphatic rings. The van der Waals surface area contributed by atoms with Crippen molar-refractivity contribution < 1.29 is 14.3 Å². The summed E-state index contributed by atoms with van der Waals surface area (Å²) in [6.45, 7) is 6.84. The summed E-state index contributed by atoms with van der Waals surface area (Å²) in [5, 5.41) is 0.225. The third kappa shape index (κ3) is 5.68. The Bertz CT molecular complexity index is 1170. The predicted molar refractivity (Wildman–Crippen MR) is 141 cm³/mol. The molecule has 0 aromatic heterocycles. The first-order valence-electron chi connectivity index (χ1n) is 11.2. The molecule has 0 bridgehead atoms. The third-order valence-electron chi connectivity index (χ3n) is 6.23. The predicted octanol–water partition coefficient (Wildman–Crippen LogP) is 5.50. The molecule has 0 atom stereocenters. The number of methoxy groups -OCH3 is 1. The van der Waals surface area contributed by atoms with Gasteiger partial charge in [0.2, 0.25) is 5.91 Å². The lowest BCUT2D eigenvalue weighted by atomic mass is 9.85. The average molecular weight is 523 g/mol. The molecule has 0 saturated carbocycles. The van der Waals surface area contributed by atoms with Gasteiger partial charge in [-0.1, -0.05) is 76.1 Å². The summed E-state index contributed by atoms with van der Waals surface area (Å²) in [7, 11) is 1.39. The zero-order valence-corrected chi connectivity index (χ0v) is 21.7. The number of nitrogens with two attached hydrogens (primary N) is 1. The number of alkyl halides is 1. The van der Waals surface area contributed by atoms with Crippen LogP contribution in [0.15, 0.2) is 54.6 Å². The maximum atomic E-state index is 12.8. The second-order valence-corrected chi connectivity index (χ2v) is 9.04. The minimum atomic E-state index is -0.316. The highest BCUT2D eigenvalue weighted by molar-refractivity contribution is 9.09. The fourth-order valence-corrected chi connectivity index (χ4v) is 4.57. The van der Waals surface area contributed by atoms with Gasteiger partial charge in [-0.3, -0.25) is 9.59 Å². The number of hydrogen-bond donors (Lipinski definition) is 1. The molecule has 178 valence electrons. The normalized spacial score (nSPS) is 10.7. The fraction of sp³-hybridized carbons (Fsp3) is 0.286. The molecule has 0 aliphatic carbocycles. The number of rotatable bonds is 8. The van der Waals surface area contributed by atoms with E-state index in [0.29, 0.717) is 18.8 Å². The Morgan fingerprint density at radius 2 is 1.56 bits per heavy atom. The maximum absolute atomic E-state index is 12.8. The van der Waals surface area contributed by atoms with Gasteiger partial charge in [0, 0.05) is 18.8 Å². The minimum absolute atomic E-state index is 0.0178. The molecule has 3 aromatic rings. The summed E-state index contributed by atoms with van der Waals surface area (Å²) in [5.74, 6) is -0.334. The molecule has 0 fully saturated rings. The van der Waals surface area contributed by atoms with Crippen LogP contribution in [0.25, 0.3) is 11.1 Å². The number of esters is 1. The Morgan fingerprint density at radius 1 is 0.912 bits per heavy atom. The van der Waals surface area contributed by atoms with E-state index in [9.17, 15) is 9.59 Å². The van der Waals surface area contributed by atoms with Crippen LogP contribution in [0.2, 0.25) is 0 Å². The first-order valence-corrected chi connectivity index (χ1v) is 12.3. The molecule has 0 aliphatic heterocycles. The molecule has 2 N–H and O–H groups in total. The van der Waals surface area contributed by atoms with Crippen LogP contribution in [0.4, 0.5) is 5.69 Å². The zero-order valence-electron chi connectivity index (χ0n) is 20.2. The number of benzene rings is 3. The third-order valence-corrected chi connectivity index (χ3v) is 6.71. The summed E-state index contributed by atoms with van der Waals surface area (Å²) in [6.07, 6.45) is 0.130. The van der Waals surface area contributed by atoms with Crippen LogP contribution in [-0.2, 0) is 33.8 Å². The first kappa shape index (κ1) is 25.5. The van der Waals surface area contributed by atoms with Crippen molar-refractivity contribution >= 4 is 33.5 Å². The molecule has 6 heteroatoms. The molecule has 3 aromatic carbocycles. The van der Waals surface area contributed by atoms with E-state index in [4.69, 9.17) is 10.5 Å². The number of carbonyl (C=O) groups is 2. The summed E-state index contributed by atoms with van der Waals surface area (Å²) < 4.78 is 4.97. The van der Waals surface area contributed by atoms with Crippen molar-refractivity contribution in [3.8, 4) is 11.1 Å². The van der Waals surface area contributed by atoms with Crippen LogP contribution in [0, 0.1) is 20.8 Å². The molecule has 5 nitrogen and oxygen atoms in total. The van der Waals surface area contributed by atoms with Crippen LogP contribution in [-0.4, -0.2) is 29.2 Å². The lowest BCUT2D eigenvalue weighted by molar-refractivity contribution is -0.139. The van der Waals surface area contributed by atoms with Gasteiger partial charge < -0.3 is 15.4 Å². The Morgan fingerprint density at radius 3 is 2.15 bits per heavy atom. The second kappa shape index (κ2) is 11.3. The van der Waals surface area contributed by atoms with Crippen LogP contribution in [0.3, 0.4) is 0 Å². The fourth-order valence-electron chi connectivity index (χ4n) is 4.22. The SMILES string of the molecule is COC(=O)Cc1c(C)c(N)c(CN(Cc2ccccc2)C(=O)CBr)c(C)c1-c1ccc(C)cc1. The monoisotopic (exact) mass is 522 g/mol. The minimum Gasteiger partial charge on any atom is -0.469 e. The van der Waals surface area contributed by atoms with Crippen LogP contribution in [0.1, 0.15) is 33.4 Å². The van der Waals surface area contributed by atoms with Crippen LogP contribution >= 0.6 is 15.9 Å². The summed E-state index contributed by atoms with van der Waals surface area (Å²) in [5.41, 5.74) is 15.0. The van der Waals surface area contributed by atoms with Gasteiger partial charge >= 0.3 is 5.97 Å². The quantitative estimate of drug-likeness (QED) is 0.241. The van der Waals surface area contributed by atoms with E-state index in [1.54, 1.807) is 4.90 Å². The van der Waals surface area contributed by atoms with Crippen molar-refractivity contribution in [3.05, 3.63) is 88.0 Å². The molecule has 0 unspecified atom stereocenters. The van der Waals surface area contributed by atoms with E-state index in [1.807, 2.05) is 51.1 Å². The highest BCUT2D eigenvalue weighted by Gasteiger charge is 2.24. The van der Waals surface area contributed by atoms with E-state index in [1.165, 1.54) is 7.11 Å². The van der Waals surface area contributed by atoms with Gasteiger partial charge in [0.1, 0.15) is 0 Å². The number of hydrogen-bond acceptors (Lipinski definition) is 4. The number of nitrogens with zero attached hydrogens (tertiary/aromatic N) is 1. The number of anilines is 1. The Balaban J connectivity index is 2.15. The Labute approximate surface area is 210 Å². The van der Waals surface area contributed by atoms with E-state index in [0.717, 1.165) is 44.5 Å². The van der Waals surface area contributed by atoms with Crippen molar-refractivity contribution in [2.24, 2.45) is 0 Å². The van der Waals surface area contributed by atoms with Gasteiger partial charge in [0.05, 0.1) is 18.9 Å². The summed E-state index contributed by atoms with van der Waals surface area (Å²) in [6, 6.07) is 18.1.